The van der Waals surface area contributed by atoms with E-state index in [1.807, 2.05) is 0 Å². The Morgan fingerprint density at radius 3 is 3.14 bits per heavy atom. The van der Waals surface area contributed by atoms with Crippen molar-refractivity contribution in [1.82, 2.24) is 9.97 Å². The van der Waals surface area contributed by atoms with Crippen LogP contribution in [-0.4, -0.2) is 9.97 Å². The van der Waals surface area contributed by atoms with Gasteiger partial charge in [0.2, 0.25) is 5.88 Å². The van der Waals surface area contributed by atoms with Crippen LogP contribution in [0.5, 0.6) is 11.8 Å². The molecule has 0 unspecified atom stereocenters. The Bertz CT molecular complexity index is 847. The van der Waals surface area contributed by atoms with E-state index >= 15 is 0 Å². The van der Waals surface area contributed by atoms with Crippen molar-refractivity contribution in [2.24, 2.45) is 5.92 Å². The highest BCUT2D eigenvalue weighted by Crippen LogP contribution is 2.40. The standard InChI is InChI=1S/C16H15N3O2S/c1-10-5-6-11-12(8-10)22-16-14(11)15(17-9-18-16)21-13-4-2-3-7-19(13)20/h2-4,7,9-10H,5-6,8H2,1H3/t10-/m1/s1. The topological polar surface area (TPSA) is 62.0 Å². The van der Waals surface area contributed by atoms with Gasteiger partial charge in [0.1, 0.15) is 11.2 Å². The molecule has 1 aliphatic rings. The molecule has 1 atom stereocenters. The highest BCUT2D eigenvalue weighted by atomic mass is 32.1. The molecule has 5 nitrogen and oxygen atoms in total. The lowest BCUT2D eigenvalue weighted by atomic mass is 9.89. The van der Waals surface area contributed by atoms with Gasteiger partial charge in [-0.2, -0.15) is 0 Å². The van der Waals surface area contributed by atoms with Crippen LogP contribution in [0.25, 0.3) is 10.2 Å². The lowest BCUT2D eigenvalue weighted by molar-refractivity contribution is -0.611. The van der Waals surface area contributed by atoms with E-state index in [0.29, 0.717) is 16.5 Å². The minimum atomic E-state index is 0.228. The maximum atomic E-state index is 11.8. The van der Waals surface area contributed by atoms with Gasteiger partial charge in [0.05, 0.1) is 11.5 Å². The molecule has 112 valence electrons. The summed E-state index contributed by atoms with van der Waals surface area (Å²) in [7, 11) is 0. The molecule has 0 saturated heterocycles. The first-order chi connectivity index (χ1) is 10.7. The molecule has 3 aromatic heterocycles. The van der Waals surface area contributed by atoms with Crippen LogP contribution in [0.2, 0.25) is 0 Å². The number of pyridine rings is 1. The molecule has 1 aliphatic carbocycles. The van der Waals surface area contributed by atoms with Gasteiger partial charge in [-0.1, -0.05) is 6.92 Å². The van der Waals surface area contributed by atoms with Gasteiger partial charge in [-0.3, -0.25) is 0 Å². The molecule has 3 heterocycles. The number of hydrogen-bond donors (Lipinski definition) is 0. The molecule has 4 rings (SSSR count). The molecule has 6 heteroatoms. The lowest BCUT2D eigenvalue weighted by Gasteiger charge is -2.17. The van der Waals surface area contributed by atoms with Gasteiger partial charge in [-0.05, 0) is 36.8 Å². The lowest BCUT2D eigenvalue weighted by Crippen LogP contribution is -2.26. The Hall–Kier alpha value is -2.21. The number of nitrogens with zero attached hydrogens (tertiary/aromatic N) is 3. The number of aryl methyl sites for hydroxylation is 1. The monoisotopic (exact) mass is 313 g/mol. The van der Waals surface area contributed by atoms with Crippen molar-refractivity contribution in [3.63, 3.8) is 0 Å². The van der Waals surface area contributed by atoms with E-state index in [-0.39, 0.29) is 5.88 Å². The highest BCUT2D eigenvalue weighted by Gasteiger charge is 2.24. The molecule has 0 spiro atoms. The van der Waals surface area contributed by atoms with Crippen LogP contribution in [0.4, 0.5) is 0 Å². The quantitative estimate of drug-likeness (QED) is 0.538. The number of fused-ring (bicyclic) bond motifs is 3. The third-order valence-electron chi connectivity index (χ3n) is 4.05. The zero-order chi connectivity index (χ0) is 15.1. The van der Waals surface area contributed by atoms with Crippen LogP contribution in [0, 0.1) is 11.1 Å². The van der Waals surface area contributed by atoms with Crippen LogP contribution >= 0.6 is 11.3 Å². The molecule has 22 heavy (non-hydrogen) atoms. The average molecular weight is 313 g/mol. The van der Waals surface area contributed by atoms with Gasteiger partial charge in [0.25, 0.3) is 0 Å². The molecular formula is C16H15N3O2S. The maximum Gasteiger partial charge on any atom is 0.386 e. The number of hydrogen-bond acceptors (Lipinski definition) is 5. The fourth-order valence-corrected chi connectivity index (χ4v) is 4.26. The summed E-state index contributed by atoms with van der Waals surface area (Å²) in [6.45, 7) is 2.28. The summed E-state index contributed by atoms with van der Waals surface area (Å²) in [6, 6.07) is 5.08. The molecule has 0 N–H and O–H groups in total. The molecule has 0 radical (unpaired) electrons. The second-order valence-electron chi connectivity index (χ2n) is 5.68. The van der Waals surface area contributed by atoms with Gasteiger partial charge < -0.3 is 9.94 Å². The fourth-order valence-electron chi connectivity index (χ4n) is 2.91. The van der Waals surface area contributed by atoms with E-state index in [1.165, 1.54) is 29.4 Å². The maximum absolute atomic E-state index is 11.8. The predicted octanol–water partition coefficient (Wildman–Crippen LogP) is 3.24. The second-order valence-corrected chi connectivity index (χ2v) is 6.76. The van der Waals surface area contributed by atoms with Crippen molar-refractivity contribution in [1.29, 1.82) is 0 Å². The van der Waals surface area contributed by atoms with Crippen molar-refractivity contribution in [3.05, 3.63) is 46.4 Å². The van der Waals surface area contributed by atoms with Crippen LogP contribution in [0.15, 0.2) is 30.7 Å². The molecule has 0 aromatic carbocycles. The van der Waals surface area contributed by atoms with Gasteiger partial charge in [-0.15, -0.1) is 16.1 Å². The van der Waals surface area contributed by atoms with Gasteiger partial charge in [0.15, 0.2) is 6.20 Å². The molecule has 0 amide bonds. The Morgan fingerprint density at radius 1 is 1.36 bits per heavy atom. The van der Waals surface area contributed by atoms with Crippen LogP contribution in [0.3, 0.4) is 0 Å². The first-order valence-electron chi connectivity index (χ1n) is 7.33. The molecule has 3 aromatic rings. The SMILES string of the molecule is C[C@@H]1CCc2c(sc3ncnc(Oc4cccc[n+]4[O-])c23)C1. The van der Waals surface area contributed by atoms with E-state index < -0.39 is 0 Å². The predicted molar refractivity (Wildman–Crippen MR) is 84.1 cm³/mol. The summed E-state index contributed by atoms with van der Waals surface area (Å²) in [4.78, 5) is 11.0. The second kappa shape index (κ2) is 5.21. The smallest absolute Gasteiger partial charge is 0.386 e. The molecule has 0 bridgehead atoms. The summed E-state index contributed by atoms with van der Waals surface area (Å²) < 4.78 is 6.48. The van der Waals surface area contributed by atoms with E-state index in [2.05, 4.69) is 16.9 Å². The molecular weight excluding hydrogens is 298 g/mol. The van der Waals surface area contributed by atoms with E-state index in [1.54, 1.807) is 29.5 Å². The van der Waals surface area contributed by atoms with Crippen molar-refractivity contribution >= 4 is 21.6 Å². The van der Waals surface area contributed by atoms with Crippen LogP contribution in [0.1, 0.15) is 23.8 Å². The average Bonchev–Trinajstić information content (AvgIpc) is 2.88. The summed E-state index contributed by atoms with van der Waals surface area (Å²) in [5.74, 6) is 1.41. The third kappa shape index (κ3) is 2.20. The molecule has 0 aliphatic heterocycles. The van der Waals surface area contributed by atoms with Gasteiger partial charge in [0, 0.05) is 10.9 Å². The number of thiophene rings is 1. The van der Waals surface area contributed by atoms with E-state index in [0.717, 1.165) is 23.1 Å². The zero-order valence-corrected chi connectivity index (χ0v) is 13.0. The van der Waals surface area contributed by atoms with Crippen molar-refractivity contribution < 1.29 is 9.47 Å². The third-order valence-corrected chi connectivity index (χ3v) is 5.21. The van der Waals surface area contributed by atoms with Crippen molar-refractivity contribution in [2.75, 3.05) is 0 Å². The first-order valence-corrected chi connectivity index (χ1v) is 8.15. The Kier molecular flexibility index (Phi) is 3.18. The van der Waals surface area contributed by atoms with Crippen molar-refractivity contribution in [3.8, 4) is 11.8 Å². The molecule has 0 saturated carbocycles. The largest absolute Gasteiger partial charge is 0.616 e. The number of aromatic nitrogens is 3. The highest BCUT2D eigenvalue weighted by molar-refractivity contribution is 7.18. The Balaban J connectivity index is 1.83. The Labute approximate surface area is 131 Å². The number of rotatable bonds is 2. The van der Waals surface area contributed by atoms with E-state index in [4.69, 9.17) is 4.74 Å². The van der Waals surface area contributed by atoms with Gasteiger partial charge in [-0.25, -0.2) is 9.97 Å². The van der Waals surface area contributed by atoms with Crippen LogP contribution in [-0.2, 0) is 12.8 Å². The normalized spacial score (nSPS) is 17.4. The molecule has 0 fully saturated rings. The summed E-state index contributed by atoms with van der Waals surface area (Å²) >= 11 is 1.72. The zero-order valence-electron chi connectivity index (χ0n) is 12.2. The summed E-state index contributed by atoms with van der Waals surface area (Å²) in [6.07, 6.45) is 6.19. The number of ether oxygens (including phenoxy) is 1. The minimum Gasteiger partial charge on any atom is -0.616 e. The summed E-state index contributed by atoms with van der Waals surface area (Å²) in [5.41, 5.74) is 1.29. The van der Waals surface area contributed by atoms with Crippen LogP contribution < -0.4 is 9.47 Å². The minimum absolute atomic E-state index is 0.228. The fraction of sp³-hybridized carbons (Fsp3) is 0.312. The summed E-state index contributed by atoms with van der Waals surface area (Å²) in [5, 5.41) is 12.8. The first kappa shape index (κ1) is 13.5. The Morgan fingerprint density at radius 2 is 2.27 bits per heavy atom. The van der Waals surface area contributed by atoms with Gasteiger partial charge >= 0.3 is 5.88 Å². The van der Waals surface area contributed by atoms with Crippen molar-refractivity contribution in [2.45, 2.75) is 26.2 Å². The van der Waals surface area contributed by atoms with E-state index in [9.17, 15) is 5.21 Å².